The van der Waals surface area contributed by atoms with Crippen LogP contribution >= 0.6 is 0 Å². The van der Waals surface area contributed by atoms with E-state index in [9.17, 15) is 9.59 Å². The van der Waals surface area contributed by atoms with Crippen molar-refractivity contribution in [3.63, 3.8) is 0 Å². The Hall–Kier alpha value is -4.59. The third-order valence-electron chi connectivity index (χ3n) is 8.61. The molecule has 0 saturated carbocycles. The molecule has 0 aliphatic heterocycles. The van der Waals surface area contributed by atoms with Gasteiger partial charge in [0.2, 0.25) is 11.8 Å². The Morgan fingerprint density at radius 1 is 0.759 bits per heavy atom. The maximum atomic E-state index is 12.8. The summed E-state index contributed by atoms with van der Waals surface area (Å²) in [5.41, 5.74) is 9.68. The molecule has 4 aromatic rings. The number of hydrogen-bond donors (Lipinski definition) is 4. The van der Waals surface area contributed by atoms with E-state index in [1.807, 2.05) is 44.2 Å². The first kappa shape index (κ1) is 42.2. The molecule has 12 heteroatoms. The number of rotatable bonds is 27. The van der Waals surface area contributed by atoms with Crippen LogP contribution in [0.1, 0.15) is 49.8 Å². The van der Waals surface area contributed by atoms with Crippen molar-refractivity contribution >= 4 is 28.4 Å². The van der Waals surface area contributed by atoms with Gasteiger partial charge in [0, 0.05) is 31.1 Å². The predicted octanol–water partition coefficient (Wildman–Crippen LogP) is 5.58. The molecule has 54 heavy (non-hydrogen) atoms. The number of hydrogen-bond acceptors (Lipinski definition) is 10. The number of carbonyl (C=O) groups is 2. The summed E-state index contributed by atoms with van der Waals surface area (Å²) in [5.74, 6) is 1.29. The summed E-state index contributed by atoms with van der Waals surface area (Å²) in [4.78, 5) is 29.4. The Labute approximate surface area is 319 Å². The van der Waals surface area contributed by atoms with Crippen LogP contribution in [0.2, 0.25) is 0 Å². The normalized spacial score (nSPS) is 11.7. The highest BCUT2D eigenvalue weighted by molar-refractivity contribution is 6.00. The van der Waals surface area contributed by atoms with Gasteiger partial charge in [0.25, 0.3) is 0 Å². The fraction of sp³-hybridized carbons (Fsp3) is 0.452. The summed E-state index contributed by atoms with van der Waals surface area (Å²) in [6.07, 6.45) is 4.41. The third kappa shape index (κ3) is 15.0. The van der Waals surface area contributed by atoms with Gasteiger partial charge in [0.05, 0.1) is 65.4 Å². The van der Waals surface area contributed by atoms with Crippen LogP contribution in [-0.4, -0.2) is 95.9 Å². The monoisotopic (exact) mass is 743 g/mol. The van der Waals surface area contributed by atoms with Crippen molar-refractivity contribution in [3.05, 3.63) is 90.1 Å². The van der Waals surface area contributed by atoms with Crippen molar-refractivity contribution < 1.29 is 33.3 Å². The minimum Gasteiger partial charge on any atom is -0.491 e. The lowest BCUT2D eigenvalue weighted by Gasteiger charge is -2.19. The van der Waals surface area contributed by atoms with Gasteiger partial charge in [0.15, 0.2) is 0 Å². The van der Waals surface area contributed by atoms with E-state index in [0.717, 1.165) is 70.4 Å². The van der Waals surface area contributed by atoms with Gasteiger partial charge in [-0.25, -0.2) is 4.98 Å². The largest absolute Gasteiger partial charge is 0.491 e. The molecule has 0 saturated heterocycles. The van der Waals surface area contributed by atoms with Crippen LogP contribution in [0.3, 0.4) is 0 Å². The second-order valence-electron chi connectivity index (χ2n) is 12.8. The van der Waals surface area contributed by atoms with Crippen LogP contribution in [0, 0.1) is 6.92 Å². The zero-order valence-corrected chi connectivity index (χ0v) is 31.8. The second-order valence-corrected chi connectivity index (χ2v) is 12.8. The Morgan fingerprint density at radius 2 is 1.43 bits per heavy atom. The summed E-state index contributed by atoms with van der Waals surface area (Å²) in [7, 11) is 0. The fourth-order valence-corrected chi connectivity index (χ4v) is 5.79. The quantitative estimate of drug-likeness (QED) is 0.0569. The molecule has 12 nitrogen and oxygen atoms in total. The van der Waals surface area contributed by atoms with E-state index in [0.29, 0.717) is 72.4 Å². The average Bonchev–Trinajstić information content (AvgIpc) is 3.19. The van der Waals surface area contributed by atoms with E-state index in [1.54, 1.807) is 6.20 Å². The first-order chi connectivity index (χ1) is 26.5. The molecule has 0 fully saturated rings. The number of amides is 2. The molecule has 292 valence electrons. The van der Waals surface area contributed by atoms with Crippen LogP contribution in [0.25, 0.3) is 21.9 Å². The molecule has 5 N–H and O–H groups in total. The van der Waals surface area contributed by atoms with Crippen molar-refractivity contribution in [2.24, 2.45) is 5.73 Å². The van der Waals surface area contributed by atoms with Gasteiger partial charge in [-0.15, -0.1) is 0 Å². The van der Waals surface area contributed by atoms with Gasteiger partial charge >= 0.3 is 0 Å². The maximum Gasteiger partial charge on any atom is 0.239 e. The number of anilines is 1. The lowest BCUT2D eigenvalue weighted by molar-refractivity contribution is -0.126. The number of fused-ring (bicyclic) bond motifs is 1. The number of nitrogens with one attached hydrogen (secondary N) is 3. The molecule has 0 aliphatic rings. The number of aryl methyl sites for hydroxylation is 1. The van der Waals surface area contributed by atoms with Crippen LogP contribution in [0.5, 0.6) is 5.75 Å². The Kier molecular flexibility index (Phi) is 19.3. The second kappa shape index (κ2) is 24.7. The zero-order chi connectivity index (χ0) is 38.2. The molecule has 1 aromatic heterocycles. The molecule has 1 unspecified atom stereocenters. The molecule has 0 radical (unpaired) electrons. The lowest BCUT2D eigenvalue weighted by Crippen LogP contribution is -2.38. The van der Waals surface area contributed by atoms with Crippen molar-refractivity contribution in [2.45, 2.75) is 45.6 Å². The van der Waals surface area contributed by atoms with E-state index in [-0.39, 0.29) is 24.4 Å². The highest BCUT2D eigenvalue weighted by atomic mass is 16.6. The Bertz CT molecular complexity index is 1690. The van der Waals surface area contributed by atoms with Gasteiger partial charge < -0.3 is 45.4 Å². The number of pyridine rings is 1. The van der Waals surface area contributed by atoms with Gasteiger partial charge in [-0.2, -0.15) is 0 Å². The fourth-order valence-electron chi connectivity index (χ4n) is 5.79. The van der Waals surface area contributed by atoms with E-state index < -0.39 is 0 Å². The van der Waals surface area contributed by atoms with Crippen LogP contribution in [0.4, 0.5) is 5.82 Å². The van der Waals surface area contributed by atoms with E-state index >= 15 is 0 Å². The minimum absolute atomic E-state index is 0.0524. The van der Waals surface area contributed by atoms with Crippen LogP contribution in [0.15, 0.2) is 79.0 Å². The summed E-state index contributed by atoms with van der Waals surface area (Å²) in [6.45, 7) is 9.69. The molecule has 2 amide bonds. The van der Waals surface area contributed by atoms with Gasteiger partial charge in [0.1, 0.15) is 18.2 Å². The summed E-state index contributed by atoms with van der Waals surface area (Å²) < 4.78 is 28.0. The van der Waals surface area contributed by atoms with Gasteiger partial charge in [-0.1, -0.05) is 61.5 Å². The molecule has 0 aliphatic carbocycles. The van der Waals surface area contributed by atoms with Crippen molar-refractivity contribution in [1.82, 2.24) is 15.6 Å². The van der Waals surface area contributed by atoms with E-state index in [1.165, 1.54) is 0 Å². The Morgan fingerprint density at radius 3 is 2.09 bits per heavy atom. The summed E-state index contributed by atoms with van der Waals surface area (Å²) in [6, 6.07) is 24.3. The SMILES string of the molecule is CCC(NC(=O)CNC(=O)CCCCNc1cc(C)ccn1)c1ccc(-c2ccc(OCCOCCOCCOCCOCCN)c3ccccc23)cc1. The number of unbranched alkanes of at least 4 members (excludes halogenated alkanes) is 1. The number of nitrogens with zero attached hydrogens (tertiary/aromatic N) is 1. The standard InChI is InChI=1S/C42H57N5O7/c1-3-38(47-42(49)31-46-41(48)10-6-7-19-44-40-30-32(2)17-20-45-40)34-13-11-33(12-14-34)35-15-16-39(37-9-5-4-8-36(35)37)54-29-28-53-27-26-52-25-24-51-23-22-50-21-18-43/h4-5,8-9,11-17,20,30,38H,3,6-7,10,18-19,21-29,31,43H2,1-2H3,(H,44,45)(H,46,48)(H,47,49). The summed E-state index contributed by atoms with van der Waals surface area (Å²) in [5, 5.41) is 11.2. The molecule has 0 bridgehead atoms. The average molecular weight is 744 g/mol. The van der Waals surface area contributed by atoms with E-state index in [2.05, 4.69) is 63.4 Å². The number of carbonyl (C=O) groups excluding carboxylic acids is 2. The van der Waals surface area contributed by atoms with Crippen LogP contribution in [-0.2, 0) is 28.5 Å². The van der Waals surface area contributed by atoms with Gasteiger partial charge in [-0.3, -0.25) is 9.59 Å². The molecule has 4 rings (SSSR count). The highest BCUT2D eigenvalue weighted by Crippen LogP contribution is 2.35. The smallest absolute Gasteiger partial charge is 0.239 e. The van der Waals surface area contributed by atoms with E-state index in [4.69, 9.17) is 29.4 Å². The summed E-state index contributed by atoms with van der Waals surface area (Å²) >= 11 is 0. The highest BCUT2D eigenvalue weighted by Gasteiger charge is 2.15. The molecular weight excluding hydrogens is 686 g/mol. The molecule has 1 heterocycles. The third-order valence-corrected chi connectivity index (χ3v) is 8.61. The number of ether oxygens (including phenoxy) is 5. The first-order valence-electron chi connectivity index (χ1n) is 19.0. The number of benzene rings is 3. The predicted molar refractivity (Wildman–Crippen MR) is 213 cm³/mol. The molecule has 1 atom stereocenters. The van der Waals surface area contributed by atoms with Crippen molar-refractivity contribution in [1.29, 1.82) is 0 Å². The number of aromatic nitrogens is 1. The zero-order valence-electron chi connectivity index (χ0n) is 31.8. The first-order valence-corrected chi connectivity index (χ1v) is 19.0. The number of nitrogens with two attached hydrogens (primary N) is 1. The van der Waals surface area contributed by atoms with Gasteiger partial charge in [-0.05, 0) is 72.0 Å². The molecule has 0 spiro atoms. The Balaban J connectivity index is 1.16. The topological polar surface area (TPSA) is 155 Å². The maximum absolute atomic E-state index is 12.8. The minimum atomic E-state index is -0.214. The van der Waals surface area contributed by atoms with Crippen LogP contribution < -0.4 is 26.4 Å². The molecular formula is C42H57N5O7. The molecule has 3 aromatic carbocycles. The van der Waals surface area contributed by atoms with Crippen molar-refractivity contribution in [2.75, 3.05) is 84.4 Å². The van der Waals surface area contributed by atoms with Crippen molar-refractivity contribution in [3.8, 4) is 16.9 Å². The lowest BCUT2D eigenvalue weighted by atomic mass is 9.95.